The van der Waals surface area contributed by atoms with Crippen molar-refractivity contribution >= 4 is 25.8 Å². The summed E-state index contributed by atoms with van der Waals surface area (Å²) in [5, 5.41) is -0.853. The molecule has 4 rings (SSSR count). The molecule has 1 aromatic heterocycles. The lowest BCUT2D eigenvalue weighted by Gasteiger charge is -2.35. The molecule has 2 aliphatic heterocycles. The van der Waals surface area contributed by atoms with Crippen LogP contribution in [-0.4, -0.2) is 79.4 Å². The van der Waals surface area contributed by atoms with Crippen LogP contribution in [-0.2, 0) is 19.9 Å². The number of piperazine rings is 1. The lowest BCUT2D eigenvalue weighted by atomic mass is 9.95. The third-order valence-corrected chi connectivity index (χ3v) is 11.5. The average Bonchev–Trinajstić information content (AvgIpc) is 3.27. The highest BCUT2D eigenvalue weighted by Crippen LogP contribution is 2.32. The highest BCUT2D eigenvalue weighted by Gasteiger charge is 2.41. The van der Waals surface area contributed by atoms with Gasteiger partial charge in [0.25, 0.3) is 5.91 Å². The molecule has 3 heterocycles. The van der Waals surface area contributed by atoms with Gasteiger partial charge in [-0.2, -0.15) is 4.31 Å². The first-order valence-corrected chi connectivity index (χ1v) is 14.6. The number of sulfonamides is 1. The normalized spacial score (nSPS) is 25.7. The Bertz CT molecular complexity index is 1050. The molecular weight excluding hydrogens is 438 g/mol. The van der Waals surface area contributed by atoms with Gasteiger partial charge in [-0.05, 0) is 39.2 Å². The summed E-state index contributed by atoms with van der Waals surface area (Å²) < 4.78 is 52.8. The van der Waals surface area contributed by atoms with Crippen LogP contribution in [0.15, 0.2) is 6.07 Å². The quantitative estimate of drug-likeness (QED) is 0.668. The molecule has 1 aromatic rings. The van der Waals surface area contributed by atoms with E-state index >= 15 is 0 Å². The van der Waals surface area contributed by atoms with Crippen LogP contribution in [0.3, 0.4) is 0 Å². The summed E-state index contributed by atoms with van der Waals surface area (Å²) in [4.78, 5) is 15.0. The van der Waals surface area contributed by atoms with Crippen LogP contribution in [0.5, 0.6) is 0 Å². The van der Waals surface area contributed by atoms with Crippen molar-refractivity contribution in [3.8, 4) is 0 Å². The van der Waals surface area contributed by atoms with Crippen molar-refractivity contribution in [1.29, 1.82) is 0 Å². The Morgan fingerprint density at radius 3 is 2.23 bits per heavy atom. The number of carbonyl (C=O) groups excluding carboxylic acids is 1. The van der Waals surface area contributed by atoms with Crippen molar-refractivity contribution in [1.82, 2.24) is 13.8 Å². The summed E-state index contributed by atoms with van der Waals surface area (Å²) in [6.07, 6.45) is 6.20. The minimum atomic E-state index is -3.66. The minimum absolute atomic E-state index is 0.0457. The summed E-state index contributed by atoms with van der Waals surface area (Å²) >= 11 is 0. The highest BCUT2D eigenvalue weighted by atomic mass is 32.2. The molecular formula is C21H33N3O5S2. The van der Waals surface area contributed by atoms with Crippen molar-refractivity contribution in [3.05, 3.63) is 23.0 Å². The number of aromatic nitrogens is 1. The number of hydrogen-bond acceptors (Lipinski definition) is 5. The molecule has 10 heteroatoms. The molecule has 0 spiro atoms. The molecule has 3 fully saturated rings. The van der Waals surface area contributed by atoms with Gasteiger partial charge in [0.15, 0.2) is 9.84 Å². The van der Waals surface area contributed by atoms with E-state index in [4.69, 9.17) is 0 Å². The average molecular weight is 472 g/mol. The van der Waals surface area contributed by atoms with E-state index in [0.29, 0.717) is 24.7 Å². The Hall–Kier alpha value is -1.39. The summed E-state index contributed by atoms with van der Waals surface area (Å²) in [5.74, 6) is -0.399. The van der Waals surface area contributed by atoms with Crippen LogP contribution >= 0.6 is 0 Å². The topological polar surface area (TPSA) is 96.8 Å². The zero-order valence-electron chi connectivity index (χ0n) is 18.4. The molecule has 1 saturated carbocycles. The Balaban J connectivity index is 1.43. The molecule has 0 bridgehead atoms. The van der Waals surface area contributed by atoms with Gasteiger partial charge in [-0.15, -0.1) is 0 Å². The fourth-order valence-corrected chi connectivity index (χ4v) is 9.93. The van der Waals surface area contributed by atoms with E-state index in [1.807, 2.05) is 13.0 Å². The van der Waals surface area contributed by atoms with Crippen LogP contribution in [0.25, 0.3) is 0 Å². The molecule has 1 unspecified atom stereocenters. The minimum Gasteiger partial charge on any atom is -0.345 e. The van der Waals surface area contributed by atoms with Crippen LogP contribution in [0.1, 0.15) is 66.3 Å². The number of sulfone groups is 1. The van der Waals surface area contributed by atoms with Crippen molar-refractivity contribution in [2.45, 2.75) is 63.7 Å². The summed E-state index contributed by atoms with van der Waals surface area (Å²) in [6.45, 7) is 5.14. The molecule has 2 saturated heterocycles. The molecule has 1 aliphatic carbocycles. The van der Waals surface area contributed by atoms with Gasteiger partial charge in [-0.1, -0.05) is 19.3 Å². The maximum atomic E-state index is 13.2. The maximum Gasteiger partial charge on any atom is 0.255 e. The van der Waals surface area contributed by atoms with Crippen molar-refractivity contribution < 1.29 is 21.6 Å². The molecule has 0 radical (unpaired) electrons. The molecule has 0 N–H and O–H groups in total. The molecule has 0 aromatic carbocycles. The van der Waals surface area contributed by atoms with Gasteiger partial charge in [0, 0.05) is 43.6 Å². The largest absolute Gasteiger partial charge is 0.345 e. The van der Waals surface area contributed by atoms with Crippen molar-refractivity contribution in [2.75, 3.05) is 37.7 Å². The number of carbonyl (C=O) groups is 1. The SMILES string of the molecule is Cc1cc(C(=O)N2CCN(S(=O)(=O)C3CCS(=O)(=O)C3)CC2)c(C)n1C1CCCCC1. The Labute approximate surface area is 185 Å². The van der Waals surface area contributed by atoms with Gasteiger partial charge in [0.05, 0.1) is 22.3 Å². The van der Waals surface area contributed by atoms with Gasteiger partial charge < -0.3 is 9.47 Å². The Morgan fingerprint density at radius 2 is 1.65 bits per heavy atom. The molecule has 3 aliphatic rings. The van der Waals surface area contributed by atoms with Crippen molar-refractivity contribution in [3.63, 3.8) is 0 Å². The zero-order valence-corrected chi connectivity index (χ0v) is 20.0. The predicted octanol–water partition coefficient (Wildman–Crippen LogP) is 1.88. The fourth-order valence-electron chi connectivity index (χ4n) is 5.42. The van der Waals surface area contributed by atoms with Crippen LogP contribution < -0.4 is 0 Å². The van der Waals surface area contributed by atoms with Gasteiger partial charge in [0.1, 0.15) is 0 Å². The maximum absolute atomic E-state index is 13.2. The second-order valence-electron chi connectivity index (χ2n) is 9.21. The van der Waals surface area contributed by atoms with E-state index < -0.39 is 25.1 Å². The Morgan fingerprint density at radius 1 is 1.00 bits per heavy atom. The van der Waals surface area contributed by atoms with Crippen molar-refractivity contribution in [2.24, 2.45) is 0 Å². The van der Waals surface area contributed by atoms with E-state index in [1.165, 1.54) is 23.6 Å². The van der Waals surface area contributed by atoms with Crippen LogP contribution in [0.2, 0.25) is 0 Å². The predicted molar refractivity (Wildman–Crippen MR) is 119 cm³/mol. The second-order valence-corrected chi connectivity index (χ2v) is 13.6. The number of hydrogen-bond donors (Lipinski definition) is 0. The van der Waals surface area contributed by atoms with E-state index in [-0.39, 0.29) is 36.9 Å². The fraction of sp³-hybridized carbons (Fsp3) is 0.762. The third-order valence-electron chi connectivity index (χ3n) is 7.15. The monoisotopic (exact) mass is 471 g/mol. The Kier molecular flexibility index (Phi) is 6.26. The molecule has 174 valence electrons. The first kappa shape index (κ1) is 22.8. The molecule has 31 heavy (non-hydrogen) atoms. The molecule has 1 atom stereocenters. The second kappa shape index (κ2) is 8.51. The number of aryl methyl sites for hydroxylation is 1. The summed E-state index contributed by atoms with van der Waals surface area (Å²) in [6, 6.07) is 2.43. The van der Waals surface area contributed by atoms with Gasteiger partial charge >= 0.3 is 0 Å². The lowest BCUT2D eigenvalue weighted by Crippen LogP contribution is -2.52. The smallest absolute Gasteiger partial charge is 0.255 e. The summed E-state index contributed by atoms with van der Waals surface area (Å²) in [7, 11) is -6.93. The van der Waals surface area contributed by atoms with E-state index in [1.54, 1.807) is 4.90 Å². The highest BCUT2D eigenvalue weighted by molar-refractivity contribution is 7.95. The summed E-state index contributed by atoms with van der Waals surface area (Å²) in [5.41, 5.74) is 2.82. The molecule has 1 amide bonds. The first-order chi connectivity index (χ1) is 14.6. The van der Waals surface area contributed by atoms with Gasteiger partial charge in [0.2, 0.25) is 10.0 Å². The van der Waals surface area contributed by atoms with Gasteiger partial charge in [-0.25, -0.2) is 16.8 Å². The number of amides is 1. The van der Waals surface area contributed by atoms with Crippen LogP contribution in [0.4, 0.5) is 0 Å². The van der Waals surface area contributed by atoms with E-state index in [0.717, 1.165) is 24.2 Å². The zero-order chi connectivity index (χ0) is 22.4. The standard InChI is InChI=1S/C21H33N3O5S2/c1-16-14-20(17(2)24(16)18-6-4-3-5-7-18)21(25)22-9-11-23(12-10-22)31(28,29)19-8-13-30(26,27)15-19/h14,18-19H,3-13,15H2,1-2H3. The van der Waals surface area contributed by atoms with E-state index in [9.17, 15) is 21.6 Å². The lowest BCUT2D eigenvalue weighted by molar-refractivity contribution is 0.0696. The first-order valence-electron chi connectivity index (χ1n) is 11.3. The van der Waals surface area contributed by atoms with Crippen LogP contribution in [0, 0.1) is 13.8 Å². The van der Waals surface area contributed by atoms with E-state index in [2.05, 4.69) is 11.5 Å². The third kappa shape index (κ3) is 4.43. The number of nitrogens with zero attached hydrogens (tertiary/aromatic N) is 3. The molecule has 8 nitrogen and oxygen atoms in total. The number of rotatable bonds is 4. The van der Waals surface area contributed by atoms with Gasteiger partial charge in [-0.3, -0.25) is 4.79 Å².